The Kier molecular flexibility index (Phi) is 11.9. The van der Waals surface area contributed by atoms with Crippen molar-refractivity contribution in [2.45, 2.75) is 84.8 Å². The molecule has 2 aliphatic heterocycles. The van der Waals surface area contributed by atoms with Gasteiger partial charge in [-0.3, -0.25) is 19.2 Å². The van der Waals surface area contributed by atoms with Crippen LogP contribution in [0.25, 0.3) is 0 Å². The molecule has 2 N–H and O–H groups in total. The minimum Gasteiger partial charge on any atom is -0.494 e. The molecule has 6 atom stereocenters. The molecule has 2 aliphatic rings. The third kappa shape index (κ3) is 9.31. The zero-order valence-electron chi connectivity index (χ0n) is 27.6. The fourth-order valence-corrected chi connectivity index (χ4v) is 5.28. The maximum Gasteiger partial charge on any atom is 0.338 e. The van der Waals surface area contributed by atoms with Crippen LogP contribution in [-0.4, -0.2) is 88.5 Å². The quantitative estimate of drug-likeness (QED) is 0.237. The Morgan fingerprint density at radius 1 is 0.878 bits per heavy atom. The predicted octanol–water partition coefficient (Wildman–Crippen LogP) is 1.30. The van der Waals surface area contributed by atoms with Gasteiger partial charge in [-0.1, -0.05) is 17.3 Å². The second-order valence-corrected chi connectivity index (χ2v) is 10.9. The van der Waals surface area contributed by atoms with Crippen molar-refractivity contribution in [3.8, 4) is 5.75 Å². The average Bonchev–Trinajstić information content (AvgIpc) is 3.49. The summed E-state index contributed by atoms with van der Waals surface area (Å²) >= 11 is 0. The van der Waals surface area contributed by atoms with Crippen LogP contribution in [0.5, 0.6) is 5.75 Å². The lowest BCUT2D eigenvalue weighted by Crippen LogP contribution is -2.60. The van der Waals surface area contributed by atoms with E-state index in [2.05, 4.69) is 20.9 Å². The molecule has 0 aliphatic carbocycles. The van der Waals surface area contributed by atoms with E-state index in [0.29, 0.717) is 17.9 Å². The second-order valence-electron chi connectivity index (χ2n) is 10.9. The molecule has 49 heavy (non-hydrogen) atoms. The highest BCUT2D eigenvalue weighted by Crippen LogP contribution is 2.35. The molecule has 3 heterocycles. The minimum absolute atomic E-state index is 0.130. The number of hydrogen-bond acceptors (Lipinski definition) is 15. The lowest BCUT2D eigenvalue weighted by atomic mass is 9.95. The van der Waals surface area contributed by atoms with Crippen LogP contribution in [0.1, 0.15) is 65.1 Å². The van der Waals surface area contributed by atoms with Crippen molar-refractivity contribution in [1.82, 2.24) is 25.6 Å². The standard InChI is InChI=1S/C31H37N5O13/c1-7-43-22-10-8-20(9-11-22)25-24(15(2)32-31(42)33-25)30(41)45-13-21-12-36(35-34-21)29-28(48-19(6)40)27(47-18(5)39)26(46-17(4)38)23(49-29)14-44-16(3)37/h8-12,23,25-29H,7,13-14H2,1-6H3,(H2,32,33,42)/t23-,25?,26-,27+,28-,29-/m1/s1. The molecule has 2 amide bonds. The molecular weight excluding hydrogens is 650 g/mol. The first-order valence-electron chi connectivity index (χ1n) is 15.2. The Morgan fingerprint density at radius 2 is 1.51 bits per heavy atom. The summed E-state index contributed by atoms with van der Waals surface area (Å²) in [5.74, 6) is -3.16. The zero-order valence-corrected chi connectivity index (χ0v) is 27.6. The summed E-state index contributed by atoms with van der Waals surface area (Å²) in [6.45, 7) is 7.56. The van der Waals surface area contributed by atoms with Crippen LogP contribution in [0, 0.1) is 0 Å². The zero-order chi connectivity index (χ0) is 35.8. The van der Waals surface area contributed by atoms with Gasteiger partial charge in [-0.25, -0.2) is 14.3 Å². The number of carbonyl (C=O) groups is 6. The number of aromatic nitrogens is 3. The van der Waals surface area contributed by atoms with Gasteiger partial charge >= 0.3 is 35.9 Å². The van der Waals surface area contributed by atoms with E-state index in [1.165, 1.54) is 6.20 Å². The van der Waals surface area contributed by atoms with Crippen molar-refractivity contribution in [2.75, 3.05) is 13.2 Å². The number of rotatable bonds is 12. The number of benzene rings is 1. The first kappa shape index (κ1) is 36.3. The number of ether oxygens (including phenoxy) is 7. The van der Waals surface area contributed by atoms with E-state index in [-0.39, 0.29) is 23.6 Å². The molecule has 1 saturated heterocycles. The first-order valence-corrected chi connectivity index (χ1v) is 15.2. The van der Waals surface area contributed by atoms with Gasteiger partial charge in [0, 0.05) is 33.4 Å². The predicted molar refractivity (Wildman–Crippen MR) is 162 cm³/mol. The van der Waals surface area contributed by atoms with Crippen molar-refractivity contribution >= 4 is 35.9 Å². The molecule has 0 saturated carbocycles. The van der Waals surface area contributed by atoms with Crippen LogP contribution >= 0.6 is 0 Å². The normalized spacial score (nSPS) is 23.3. The van der Waals surface area contributed by atoms with Crippen LogP contribution < -0.4 is 15.4 Å². The highest BCUT2D eigenvalue weighted by Gasteiger charge is 2.53. The summed E-state index contributed by atoms with van der Waals surface area (Å²) in [5, 5.41) is 13.4. The summed E-state index contributed by atoms with van der Waals surface area (Å²) in [4.78, 5) is 73.6. The third-order valence-corrected chi connectivity index (χ3v) is 7.15. The number of carbonyl (C=O) groups excluding carboxylic acids is 6. The van der Waals surface area contributed by atoms with Gasteiger partial charge in [0.2, 0.25) is 0 Å². The van der Waals surface area contributed by atoms with Gasteiger partial charge in [-0.05, 0) is 31.5 Å². The van der Waals surface area contributed by atoms with Crippen molar-refractivity contribution in [3.63, 3.8) is 0 Å². The van der Waals surface area contributed by atoms with Gasteiger partial charge in [-0.2, -0.15) is 0 Å². The maximum absolute atomic E-state index is 13.4. The van der Waals surface area contributed by atoms with Gasteiger partial charge < -0.3 is 43.8 Å². The molecule has 0 bridgehead atoms. The number of urea groups is 1. The molecule has 2 aromatic rings. The molecule has 4 rings (SSSR count). The molecule has 1 unspecified atom stereocenters. The van der Waals surface area contributed by atoms with E-state index in [4.69, 9.17) is 33.2 Å². The number of nitrogens with zero attached hydrogens (tertiary/aromatic N) is 3. The van der Waals surface area contributed by atoms with Gasteiger partial charge in [0.1, 0.15) is 30.8 Å². The largest absolute Gasteiger partial charge is 0.494 e. The third-order valence-electron chi connectivity index (χ3n) is 7.15. The van der Waals surface area contributed by atoms with Gasteiger partial charge in [0.15, 0.2) is 24.5 Å². The van der Waals surface area contributed by atoms with Crippen molar-refractivity contribution in [3.05, 3.63) is 53.0 Å². The van der Waals surface area contributed by atoms with Gasteiger partial charge in [0.25, 0.3) is 0 Å². The number of hydrogen-bond donors (Lipinski definition) is 2. The van der Waals surface area contributed by atoms with Crippen LogP contribution in [0.15, 0.2) is 41.7 Å². The van der Waals surface area contributed by atoms with Crippen molar-refractivity contribution in [2.24, 2.45) is 0 Å². The molecule has 1 fully saturated rings. The van der Waals surface area contributed by atoms with E-state index in [0.717, 1.165) is 32.4 Å². The van der Waals surface area contributed by atoms with E-state index < -0.39 is 79.2 Å². The highest BCUT2D eigenvalue weighted by molar-refractivity contribution is 5.95. The fraction of sp³-hybridized carbons (Fsp3) is 0.484. The monoisotopic (exact) mass is 687 g/mol. The van der Waals surface area contributed by atoms with Crippen LogP contribution in [0.3, 0.4) is 0 Å². The number of amides is 2. The topological polar surface area (TPSA) is 222 Å². The summed E-state index contributed by atoms with van der Waals surface area (Å²) in [6, 6.07) is 5.56. The minimum atomic E-state index is -1.42. The van der Waals surface area contributed by atoms with Gasteiger partial charge in [-0.15, -0.1) is 5.10 Å². The molecule has 18 heteroatoms. The summed E-state index contributed by atoms with van der Waals surface area (Å²) in [5.41, 5.74) is 1.17. The Morgan fingerprint density at radius 3 is 2.12 bits per heavy atom. The van der Waals surface area contributed by atoms with Crippen LogP contribution in [0.2, 0.25) is 0 Å². The molecule has 18 nitrogen and oxygen atoms in total. The van der Waals surface area contributed by atoms with E-state index in [1.54, 1.807) is 31.2 Å². The second kappa shape index (κ2) is 16.1. The molecule has 1 aromatic heterocycles. The molecule has 0 radical (unpaired) electrons. The first-order chi connectivity index (χ1) is 23.3. The number of esters is 5. The SMILES string of the molecule is CCOc1ccc(C2NC(=O)NC(C)=C2C(=O)OCc2cn([C@@H]3O[C@H](COC(C)=O)[C@@H](OC(C)=O)[C@H](OC(C)=O)[C@H]3OC(C)=O)nn2)cc1. The molecular formula is C31H37N5O13. The lowest BCUT2D eigenvalue weighted by molar-refractivity contribution is -0.270. The molecule has 0 spiro atoms. The average molecular weight is 688 g/mol. The summed E-state index contributed by atoms with van der Waals surface area (Å²) < 4.78 is 39.6. The Hall–Kier alpha value is -5.52. The molecule has 1 aromatic carbocycles. The highest BCUT2D eigenvalue weighted by atomic mass is 16.7. The summed E-state index contributed by atoms with van der Waals surface area (Å²) in [6.07, 6.45) is -5.41. The number of nitrogens with one attached hydrogen (secondary N) is 2. The van der Waals surface area contributed by atoms with Crippen molar-refractivity contribution in [1.29, 1.82) is 0 Å². The van der Waals surface area contributed by atoms with E-state index in [1.807, 2.05) is 6.92 Å². The van der Waals surface area contributed by atoms with Gasteiger partial charge in [0.05, 0.1) is 24.4 Å². The fourth-order valence-electron chi connectivity index (χ4n) is 5.28. The summed E-state index contributed by atoms with van der Waals surface area (Å²) in [7, 11) is 0. The Bertz CT molecular complexity index is 1600. The van der Waals surface area contributed by atoms with E-state index >= 15 is 0 Å². The maximum atomic E-state index is 13.4. The van der Waals surface area contributed by atoms with Crippen molar-refractivity contribution < 1.29 is 61.9 Å². The number of allylic oxidation sites excluding steroid dienone is 1. The Labute approximate surface area is 280 Å². The lowest BCUT2D eigenvalue weighted by Gasteiger charge is -2.44. The van der Waals surface area contributed by atoms with Crippen LogP contribution in [-0.2, 0) is 59.0 Å². The Balaban J connectivity index is 1.58. The molecule has 264 valence electrons. The smallest absolute Gasteiger partial charge is 0.338 e. The van der Waals surface area contributed by atoms with Crippen LogP contribution in [0.4, 0.5) is 4.79 Å². The van der Waals surface area contributed by atoms with E-state index in [9.17, 15) is 28.8 Å².